The topological polar surface area (TPSA) is 101 Å². The Kier molecular flexibility index (Phi) is 5.59. The van der Waals surface area contributed by atoms with Crippen LogP contribution in [-0.4, -0.2) is 41.8 Å². The minimum Gasteiger partial charge on any atom is -0.479 e. The van der Waals surface area contributed by atoms with E-state index in [4.69, 9.17) is 5.11 Å². The number of aromatic nitrogens is 1. The number of carbonyl (C=O) groups excluding carboxylic acids is 1. The van der Waals surface area contributed by atoms with E-state index in [0.29, 0.717) is 5.69 Å². The van der Waals surface area contributed by atoms with Gasteiger partial charge in [-0.15, -0.1) is 0 Å². The zero-order chi connectivity index (χ0) is 13.4. The largest absolute Gasteiger partial charge is 0.479 e. The number of hydrogen-bond acceptors (Lipinski definition) is 4. The molecule has 0 bridgehead atoms. The number of hydrogen-bond donors (Lipinski definition) is 3. The van der Waals surface area contributed by atoms with Gasteiger partial charge >= 0.3 is 12.0 Å². The highest BCUT2D eigenvalue weighted by Crippen LogP contribution is 1.92. The molecule has 1 heterocycles. The van der Waals surface area contributed by atoms with Crippen LogP contribution in [0.4, 0.5) is 4.79 Å². The molecule has 0 aliphatic rings. The van der Waals surface area contributed by atoms with E-state index in [9.17, 15) is 9.59 Å². The normalized spacial score (nSPS) is 11.6. The standard InChI is InChI=1S/C11H15N3O4/c1-18-9(10(15)16)7-14-11(17)13-6-8-4-2-3-5-12-8/h2-5,9H,6-7H2,1H3,(H,15,16)(H2,13,14,17). The molecular weight excluding hydrogens is 238 g/mol. The van der Waals surface area contributed by atoms with Gasteiger partial charge in [-0.3, -0.25) is 4.98 Å². The zero-order valence-corrected chi connectivity index (χ0v) is 9.92. The first kappa shape index (κ1) is 13.9. The Balaban J connectivity index is 2.28. The van der Waals surface area contributed by atoms with Crippen molar-refractivity contribution < 1.29 is 19.4 Å². The van der Waals surface area contributed by atoms with Gasteiger partial charge in [-0.05, 0) is 12.1 Å². The van der Waals surface area contributed by atoms with Crippen molar-refractivity contribution in [2.24, 2.45) is 0 Å². The second kappa shape index (κ2) is 7.23. The van der Waals surface area contributed by atoms with Crippen molar-refractivity contribution in [2.75, 3.05) is 13.7 Å². The van der Waals surface area contributed by atoms with Crippen LogP contribution in [0.15, 0.2) is 24.4 Å². The van der Waals surface area contributed by atoms with Gasteiger partial charge in [-0.2, -0.15) is 0 Å². The van der Waals surface area contributed by atoms with Gasteiger partial charge in [-0.1, -0.05) is 6.07 Å². The van der Waals surface area contributed by atoms with E-state index in [-0.39, 0.29) is 13.1 Å². The summed E-state index contributed by atoms with van der Waals surface area (Å²) in [5, 5.41) is 13.6. The molecular formula is C11H15N3O4. The summed E-state index contributed by atoms with van der Waals surface area (Å²) in [7, 11) is 1.27. The fourth-order valence-corrected chi connectivity index (χ4v) is 1.19. The first-order chi connectivity index (χ1) is 8.63. The third kappa shape index (κ3) is 4.79. The van der Waals surface area contributed by atoms with Crippen LogP contribution in [0, 0.1) is 0 Å². The molecule has 0 fully saturated rings. The number of ether oxygens (including phenoxy) is 1. The molecule has 7 nitrogen and oxygen atoms in total. The summed E-state index contributed by atoms with van der Waals surface area (Å²) < 4.78 is 4.67. The molecule has 0 aliphatic heterocycles. The molecule has 0 radical (unpaired) electrons. The number of urea groups is 1. The number of methoxy groups -OCH3 is 1. The SMILES string of the molecule is COC(CNC(=O)NCc1ccccn1)C(=O)O. The average Bonchev–Trinajstić information content (AvgIpc) is 2.38. The molecule has 1 rings (SSSR count). The molecule has 0 aromatic carbocycles. The van der Waals surface area contributed by atoms with Gasteiger partial charge in [0.15, 0.2) is 6.10 Å². The van der Waals surface area contributed by atoms with Crippen molar-refractivity contribution in [3.8, 4) is 0 Å². The predicted octanol–water partition coefficient (Wildman–Crippen LogP) is -0.0196. The molecule has 3 N–H and O–H groups in total. The minimum absolute atomic E-state index is 0.0973. The monoisotopic (exact) mass is 253 g/mol. The van der Waals surface area contributed by atoms with E-state index in [1.807, 2.05) is 6.07 Å². The minimum atomic E-state index is -1.12. The molecule has 1 unspecified atom stereocenters. The number of amides is 2. The Hall–Kier alpha value is -2.15. The van der Waals surface area contributed by atoms with Crippen LogP contribution in [0.5, 0.6) is 0 Å². The number of nitrogens with zero attached hydrogens (tertiary/aromatic N) is 1. The fourth-order valence-electron chi connectivity index (χ4n) is 1.19. The molecule has 0 saturated heterocycles. The molecule has 98 valence electrons. The van der Waals surface area contributed by atoms with Crippen LogP contribution < -0.4 is 10.6 Å². The highest BCUT2D eigenvalue weighted by Gasteiger charge is 2.16. The van der Waals surface area contributed by atoms with Gasteiger partial charge in [0, 0.05) is 13.3 Å². The van der Waals surface area contributed by atoms with Crippen molar-refractivity contribution >= 4 is 12.0 Å². The number of carboxylic acid groups (broad SMARTS) is 1. The van der Waals surface area contributed by atoms with Crippen molar-refractivity contribution in [3.63, 3.8) is 0 Å². The molecule has 7 heteroatoms. The highest BCUT2D eigenvalue weighted by atomic mass is 16.5. The summed E-state index contributed by atoms with van der Waals surface area (Å²) >= 11 is 0. The predicted molar refractivity (Wildman–Crippen MR) is 62.9 cm³/mol. The van der Waals surface area contributed by atoms with Crippen LogP contribution in [0.2, 0.25) is 0 Å². The van der Waals surface area contributed by atoms with Crippen LogP contribution >= 0.6 is 0 Å². The number of pyridine rings is 1. The molecule has 0 aliphatic carbocycles. The number of carbonyl (C=O) groups is 2. The van der Waals surface area contributed by atoms with Crippen LogP contribution in [0.3, 0.4) is 0 Å². The summed E-state index contributed by atoms with van der Waals surface area (Å²) in [6, 6.07) is 4.89. The van der Waals surface area contributed by atoms with E-state index >= 15 is 0 Å². The van der Waals surface area contributed by atoms with Gasteiger partial charge in [0.25, 0.3) is 0 Å². The van der Waals surface area contributed by atoms with Crippen LogP contribution in [-0.2, 0) is 16.1 Å². The molecule has 18 heavy (non-hydrogen) atoms. The second-order valence-corrected chi connectivity index (χ2v) is 3.45. The maximum absolute atomic E-state index is 11.4. The van der Waals surface area contributed by atoms with Crippen molar-refractivity contribution in [3.05, 3.63) is 30.1 Å². The summed E-state index contributed by atoms with van der Waals surface area (Å²) in [6.45, 7) is 0.178. The van der Waals surface area contributed by atoms with E-state index < -0.39 is 18.1 Å². The zero-order valence-electron chi connectivity index (χ0n) is 9.92. The van der Waals surface area contributed by atoms with Crippen LogP contribution in [0.1, 0.15) is 5.69 Å². The lowest BCUT2D eigenvalue weighted by Crippen LogP contribution is -2.42. The first-order valence-corrected chi connectivity index (χ1v) is 5.30. The van der Waals surface area contributed by atoms with Gasteiger partial charge < -0.3 is 20.5 Å². The Morgan fingerprint density at radius 2 is 2.22 bits per heavy atom. The highest BCUT2D eigenvalue weighted by molar-refractivity contribution is 5.76. The van der Waals surface area contributed by atoms with Crippen molar-refractivity contribution in [2.45, 2.75) is 12.6 Å². The van der Waals surface area contributed by atoms with Gasteiger partial charge in [0.1, 0.15) is 0 Å². The number of nitrogens with one attached hydrogen (secondary N) is 2. The lowest BCUT2D eigenvalue weighted by Gasteiger charge is -2.12. The second-order valence-electron chi connectivity index (χ2n) is 3.45. The smallest absolute Gasteiger partial charge is 0.334 e. The maximum Gasteiger partial charge on any atom is 0.334 e. The molecule has 0 spiro atoms. The van der Waals surface area contributed by atoms with Gasteiger partial charge in [0.2, 0.25) is 0 Å². The molecule has 2 amide bonds. The summed E-state index contributed by atoms with van der Waals surface area (Å²) in [4.78, 5) is 26.0. The third-order valence-electron chi connectivity index (χ3n) is 2.16. The van der Waals surface area contributed by atoms with Gasteiger partial charge in [-0.25, -0.2) is 9.59 Å². The molecule has 0 saturated carbocycles. The van der Waals surface area contributed by atoms with Gasteiger partial charge in [0.05, 0.1) is 18.8 Å². The van der Waals surface area contributed by atoms with Crippen LogP contribution in [0.25, 0.3) is 0 Å². The lowest BCUT2D eigenvalue weighted by molar-refractivity contribution is -0.147. The lowest BCUT2D eigenvalue weighted by atomic mass is 10.3. The third-order valence-corrected chi connectivity index (χ3v) is 2.16. The van der Waals surface area contributed by atoms with E-state index in [1.54, 1.807) is 18.3 Å². The summed E-state index contributed by atoms with van der Waals surface area (Å²) in [5.41, 5.74) is 0.717. The molecule has 1 aromatic rings. The first-order valence-electron chi connectivity index (χ1n) is 5.30. The number of carboxylic acids is 1. The van der Waals surface area contributed by atoms with E-state index in [2.05, 4.69) is 20.4 Å². The Bertz CT molecular complexity index is 397. The number of rotatable bonds is 6. The Morgan fingerprint density at radius 3 is 2.78 bits per heavy atom. The average molecular weight is 253 g/mol. The van der Waals surface area contributed by atoms with Crippen molar-refractivity contribution in [1.29, 1.82) is 0 Å². The maximum atomic E-state index is 11.4. The quantitative estimate of drug-likeness (QED) is 0.661. The van der Waals surface area contributed by atoms with E-state index in [0.717, 1.165) is 0 Å². The summed E-state index contributed by atoms with van der Waals surface area (Å²) in [5.74, 6) is -1.12. The Morgan fingerprint density at radius 1 is 1.44 bits per heavy atom. The molecule has 1 aromatic heterocycles. The van der Waals surface area contributed by atoms with E-state index in [1.165, 1.54) is 7.11 Å². The fraction of sp³-hybridized carbons (Fsp3) is 0.364. The Labute approximate surface area is 104 Å². The molecule has 1 atom stereocenters. The summed E-state index contributed by atoms with van der Waals surface area (Å²) in [6.07, 6.45) is 0.575. The van der Waals surface area contributed by atoms with Crippen molar-refractivity contribution in [1.82, 2.24) is 15.6 Å². The number of aliphatic carboxylic acids is 1.